The SMILES string of the molecule is CC1(C)[C@@H]2CC[C@@]1(CS(=O)(=O)N1CCC3(C=Cc4ccccc43)CC1)[C@](O)(CNC(=O)Cc1cnc[nH]1)C2. The number of nitrogens with zero attached hydrogens (tertiary/aromatic N) is 2. The first-order valence-electron chi connectivity index (χ1n) is 13.7. The number of aliphatic hydroxyl groups is 1. The molecule has 38 heavy (non-hydrogen) atoms. The minimum atomic E-state index is -3.63. The maximum absolute atomic E-state index is 14.0. The van der Waals surface area contributed by atoms with E-state index in [1.807, 2.05) is 6.07 Å². The van der Waals surface area contributed by atoms with Gasteiger partial charge in [0.1, 0.15) is 0 Å². The molecule has 1 saturated heterocycles. The molecule has 2 heterocycles. The Morgan fingerprint density at radius 2 is 1.97 bits per heavy atom. The van der Waals surface area contributed by atoms with Crippen molar-refractivity contribution in [3.8, 4) is 0 Å². The molecule has 6 rings (SSSR count). The van der Waals surface area contributed by atoms with Crippen molar-refractivity contribution in [3.63, 3.8) is 0 Å². The van der Waals surface area contributed by atoms with E-state index in [1.165, 1.54) is 17.5 Å². The van der Waals surface area contributed by atoms with Crippen molar-refractivity contribution in [1.29, 1.82) is 0 Å². The fraction of sp³-hybridized carbons (Fsp3) is 0.586. The Morgan fingerprint density at radius 3 is 2.68 bits per heavy atom. The number of benzene rings is 1. The number of fused-ring (bicyclic) bond motifs is 4. The van der Waals surface area contributed by atoms with E-state index >= 15 is 0 Å². The van der Waals surface area contributed by atoms with Crippen LogP contribution < -0.4 is 5.32 Å². The number of rotatable bonds is 7. The lowest BCUT2D eigenvalue weighted by atomic mass is 9.64. The molecule has 2 saturated carbocycles. The lowest BCUT2D eigenvalue weighted by molar-refractivity contribution is -0.125. The second-order valence-corrected chi connectivity index (χ2v) is 14.5. The molecule has 3 N–H and O–H groups in total. The second-order valence-electron chi connectivity index (χ2n) is 12.5. The minimum Gasteiger partial charge on any atom is -0.387 e. The van der Waals surface area contributed by atoms with Crippen LogP contribution in [-0.2, 0) is 26.7 Å². The Labute approximate surface area is 225 Å². The van der Waals surface area contributed by atoms with Crippen LogP contribution in [0.25, 0.3) is 6.08 Å². The number of aromatic nitrogens is 2. The molecule has 9 heteroatoms. The Hall–Kier alpha value is -2.49. The van der Waals surface area contributed by atoms with E-state index < -0.39 is 21.0 Å². The molecule has 1 aliphatic heterocycles. The van der Waals surface area contributed by atoms with E-state index in [1.54, 1.807) is 10.5 Å². The summed E-state index contributed by atoms with van der Waals surface area (Å²) in [6.45, 7) is 5.22. The first-order chi connectivity index (χ1) is 18.0. The highest BCUT2D eigenvalue weighted by Crippen LogP contribution is 2.70. The summed E-state index contributed by atoms with van der Waals surface area (Å²) >= 11 is 0. The number of piperidine rings is 1. The van der Waals surface area contributed by atoms with Crippen LogP contribution in [0.5, 0.6) is 0 Å². The highest BCUT2D eigenvalue weighted by atomic mass is 32.2. The molecular formula is C29H38N4O4S. The van der Waals surface area contributed by atoms with Gasteiger partial charge >= 0.3 is 0 Å². The van der Waals surface area contributed by atoms with Crippen molar-refractivity contribution in [3.05, 3.63) is 59.7 Å². The molecule has 1 aromatic carbocycles. The first-order valence-corrected chi connectivity index (χ1v) is 15.3. The summed E-state index contributed by atoms with van der Waals surface area (Å²) in [6, 6.07) is 8.39. The third-order valence-corrected chi connectivity index (χ3v) is 12.7. The van der Waals surface area contributed by atoms with Crippen molar-refractivity contribution < 1.29 is 18.3 Å². The zero-order valence-corrected chi connectivity index (χ0v) is 23.1. The zero-order valence-electron chi connectivity index (χ0n) is 22.2. The van der Waals surface area contributed by atoms with Gasteiger partial charge < -0.3 is 15.4 Å². The number of carbonyl (C=O) groups excluding carboxylic acids is 1. The fourth-order valence-electron chi connectivity index (χ4n) is 8.22. The normalized spacial score (nSPS) is 31.1. The summed E-state index contributed by atoms with van der Waals surface area (Å²) in [4.78, 5) is 19.5. The lowest BCUT2D eigenvalue weighted by Crippen LogP contribution is -2.60. The van der Waals surface area contributed by atoms with E-state index in [2.05, 4.69) is 59.5 Å². The largest absolute Gasteiger partial charge is 0.387 e. The summed E-state index contributed by atoms with van der Waals surface area (Å²) in [5, 5.41) is 15.0. The van der Waals surface area contributed by atoms with Crippen LogP contribution in [0.4, 0.5) is 0 Å². The molecule has 2 bridgehead atoms. The van der Waals surface area contributed by atoms with E-state index in [-0.39, 0.29) is 41.4 Å². The van der Waals surface area contributed by atoms with Crippen molar-refractivity contribution in [1.82, 2.24) is 19.6 Å². The first kappa shape index (κ1) is 25.8. The number of nitrogens with one attached hydrogen (secondary N) is 2. The van der Waals surface area contributed by atoms with Gasteiger partial charge in [0.25, 0.3) is 0 Å². The maximum Gasteiger partial charge on any atom is 0.226 e. The van der Waals surface area contributed by atoms with Crippen LogP contribution in [-0.4, -0.2) is 64.7 Å². The molecule has 4 aliphatic rings. The third kappa shape index (κ3) is 3.80. The molecule has 1 aromatic heterocycles. The van der Waals surface area contributed by atoms with E-state index in [0.717, 1.165) is 19.3 Å². The molecule has 0 unspecified atom stereocenters. The number of hydrogen-bond donors (Lipinski definition) is 3. The Kier molecular flexibility index (Phi) is 5.94. The van der Waals surface area contributed by atoms with E-state index in [9.17, 15) is 18.3 Å². The molecule has 8 nitrogen and oxygen atoms in total. The van der Waals surface area contributed by atoms with Crippen molar-refractivity contribution in [2.24, 2.45) is 16.7 Å². The summed E-state index contributed by atoms with van der Waals surface area (Å²) in [6.07, 6.45) is 11.3. The molecule has 3 atom stereocenters. The number of carbonyl (C=O) groups is 1. The summed E-state index contributed by atoms with van der Waals surface area (Å²) in [5.41, 5.74) is 0.680. The maximum atomic E-state index is 14.0. The van der Waals surface area contributed by atoms with Gasteiger partial charge in [-0.3, -0.25) is 4.79 Å². The molecule has 3 aliphatic carbocycles. The zero-order chi connectivity index (χ0) is 26.8. The highest BCUT2D eigenvalue weighted by molar-refractivity contribution is 7.89. The Balaban J connectivity index is 1.19. The average molecular weight is 539 g/mol. The highest BCUT2D eigenvalue weighted by Gasteiger charge is 2.72. The molecular weight excluding hydrogens is 500 g/mol. The van der Waals surface area contributed by atoms with Gasteiger partial charge in [-0.25, -0.2) is 17.7 Å². The quantitative estimate of drug-likeness (QED) is 0.501. The number of imidazole rings is 1. The predicted molar refractivity (Wildman–Crippen MR) is 146 cm³/mol. The van der Waals surface area contributed by atoms with Crippen molar-refractivity contribution in [2.75, 3.05) is 25.4 Å². The minimum absolute atomic E-state index is 0.0557. The number of H-pyrrole nitrogens is 1. The van der Waals surface area contributed by atoms with Gasteiger partial charge in [-0.05, 0) is 54.6 Å². The summed E-state index contributed by atoms with van der Waals surface area (Å²) < 4.78 is 29.6. The topological polar surface area (TPSA) is 115 Å². The standard InChI is InChI=1S/C29H38N4O4S/c1-26(2)22-8-10-28(26,29(35,16-22)18-31-25(34)15-23-17-30-20-32-23)19-38(36,37)33-13-11-27(12-14-33)9-7-21-5-3-4-6-24(21)27/h3-7,9,17,20,22,35H,8,10-16,18-19H2,1-2H3,(H,30,32)(H,31,34)/t22-,28+,29-/m1/s1. The number of aromatic amines is 1. The van der Waals surface area contributed by atoms with Crippen molar-refractivity contribution in [2.45, 2.75) is 63.4 Å². The molecule has 1 amide bonds. The van der Waals surface area contributed by atoms with Crippen molar-refractivity contribution >= 4 is 22.0 Å². The number of amides is 1. The summed E-state index contributed by atoms with van der Waals surface area (Å²) in [7, 11) is -3.63. The van der Waals surface area contributed by atoms with E-state index in [0.29, 0.717) is 31.6 Å². The van der Waals surface area contributed by atoms with Crippen LogP contribution in [0.15, 0.2) is 42.9 Å². The predicted octanol–water partition coefficient (Wildman–Crippen LogP) is 3.02. The van der Waals surface area contributed by atoms with Crippen LogP contribution in [0.1, 0.15) is 62.8 Å². The smallest absolute Gasteiger partial charge is 0.226 e. The van der Waals surface area contributed by atoms with Gasteiger partial charge in [-0.2, -0.15) is 0 Å². The molecule has 0 radical (unpaired) electrons. The van der Waals surface area contributed by atoms with Gasteiger partial charge in [-0.15, -0.1) is 0 Å². The Morgan fingerprint density at radius 1 is 1.21 bits per heavy atom. The van der Waals surface area contributed by atoms with Gasteiger partial charge in [0.2, 0.25) is 15.9 Å². The van der Waals surface area contributed by atoms with Gasteiger partial charge in [0, 0.05) is 42.4 Å². The molecule has 2 aromatic rings. The number of sulfonamides is 1. The van der Waals surface area contributed by atoms with Gasteiger partial charge in [-0.1, -0.05) is 50.3 Å². The lowest BCUT2D eigenvalue weighted by Gasteiger charge is -2.49. The van der Waals surface area contributed by atoms with E-state index in [4.69, 9.17) is 0 Å². The average Bonchev–Trinajstić information content (AvgIpc) is 3.61. The second kappa shape index (κ2) is 8.76. The van der Waals surface area contributed by atoms with Crippen LogP contribution >= 0.6 is 0 Å². The van der Waals surface area contributed by atoms with Crippen LogP contribution in [0, 0.1) is 16.7 Å². The number of allylic oxidation sites excluding steroid dienone is 1. The van der Waals surface area contributed by atoms with Gasteiger partial charge in [0.05, 0.1) is 24.1 Å². The third-order valence-electron chi connectivity index (χ3n) is 10.6. The monoisotopic (exact) mass is 538 g/mol. The van der Waals surface area contributed by atoms with Gasteiger partial charge in [0.15, 0.2) is 0 Å². The van der Waals surface area contributed by atoms with Crippen LogP contribution in [0.3, 0.4) is 0 Å². The fourth-order valence-corrected chi connectivity index (χ4v) is 10.5. The Bertz CT molecular complexity index is 1360. The van der Waals surface area contributed by atoms with Crippen LogP contribution in [0.2, 0.25) is 0 Å². The molecule has 3 fully saturated rings. The summed E-state index contributed by atoms with van der Waals surface area (Å²) in [5.74, 6) is -0.0833. The molecule has 1 spiro atoms. The number of hydrogen-bond acceptors (Lipinski definition) is 5. The molecule has 204 valence electrons.